The molecule has 0 aliphatic heterocycles. The molecule has 1 heterocycles. The molecule has 1 aromatic heterocycles. The van der Waals surface area contributed by atoms with Crippen LogP contribution < -0.4 is 10.1 Å². The van der Waals surface area contributed by atoms with Crippen LogP contribution in [0.15, 0.2) is 18.2 Å². The smallest absolute Gasteiger partial charge is 0.215 e. The number of nitrogens with zero attached hydrogens (tertiary/aromatic N) is 1. The van der Waals surface area contributed by atoms with Crippen molar-refractivity contribution in [3.63, 3.8) is 0 Å². The van der Waals surface area contributed by atoms with Crippen LogP contribution in [0.4, 0.5) is 5.82 Å². The van der Waals surface area contributed by atoms with E-state index in [0.717, 1.165) is 25.2 Å². The molecule has 0 radical (unpaired) electrons. The van der Waals surface area contributed by atoms with Gasteiger partial charge >= 0.3 is 0 Å². The van der Waals surface area contributed by atoms with Gasteiger partial charge < -0.3 is 10.1 Å². The molecular formula is C14H23ClN2O. The molecule has 1 N–H and O–H groups in total. The third kappa shape index (κ3) is 4.73. The van der Waals surface area contributed by atoms with Crippen molar-refractivity contribution in [1.82, 2.24) is 4.98 Å². The quantitative estimate of drug-likeness (QED) is 0.727. The summed E-state index contributed by atoms with van der Waals surface area (Å²) in [5.74, 6) is 2.02. The van der Waals surface area contributed by atoms with Crippen molar-refractivity contribution in [1.29, 1.82) is 0 Å². The SMILES string of the molecule is CCOc1cccc(NCC(Cl)C(CC)CC)n1. The van der Waals surface area contributed by atoms with Crippen LogP contribution in [0, 0.1) is 5.92 Å². The Hall–Kier alpha value is -0.960. The van der Waals surface area contributed by atoms with Crippen LogP contribution in [0.25, 0.3) is 0 Å². The highest BCUT2D eigenvalue weighted by Crippen LogP contribution is 2.19. The average Bonchev–Trinajstić information content (AvgIpc) is 2.39. The highest BCUT2D eigenvalue weighted by Gasteiger charge is 2.15. The maximum Gasteiger partial charge on any atom is 0.215 e. The Morgan fingerprint density at radius 3 is 2.61 bits per heavy atom. The zero-order valence-electron chi connectivity index (χ0n) is 11.4. The highest BCUT2D eigenvalue weighted by atomic mass is 35.5. The molecule has 0 bridgehead atoms. The Kier molecular flexibility index (Phi) is 6.88. The molecule has 1 unspecified atom stereocenters. The molecule has 0 aliphatic rings. The van der Waals surface area contributed by atoms with E-state index >= 15 is 0 Å². The minimum Gasteiger partial charge on any atom is -0.478 e. The number of alkyl halides is 1. The van der Waals surface area contributed by atoms with Crippen LogP contribution in [-0.4, -0.2) is 23.5 Å². The lowest BCUT2D eigenvalue weighted by Crippen LogP contribution is -2.23. The normalized spacial score (nSPS) is 12.5. The van der Waals surface area contributed by atoms with Crippen LogP contribution in [0.2, 0.25) is 0 Å². The van der Waals surface area contributed by atoms with Crippen molar-refractivity contribution in [3.05, 3.63) is 18.2 Å². The third-order valence-corrected chi connectivity index (χ3v) is 3.56. The second-order valence-electron chi connectivity index (χ2n) is 4.27. The first-order valence-corrected chi connectivity index (χ1v) is 7.12. The fourth-order valence-electron chi connectivity index (χ4n) is 1.91. The Labute approximate surface area is 115 Å². The van der Waals surface area contributed by atoms with Crippen LogP contribution in [0.5, 0.6) is 5.88 Å². The van der Waals surface area contributed by atoms with Crippen molar-refractivity contribution in [2.45, 2.75) is 39.0 Å². The number of rotatable bonds is 8. The Balaban J connectivity index is 2.49. The summed E-state index contributed by atoms with van der Waals surface area (Å²) in [4.78, 5) is 4.35. The van der Waals surface area contributed by atoms with Gasteiger partial charge in [-0.05, 0) is 18.9 Å². The van der Waals surface area contributed by atoms with E-state index < -0.39 is 0 Å². The van der Waals surface area contributed by atoms with E-state index in [0.29, 0.717) is 18.4 Å². The van der Waals surface area contributed by atoms with Gasteiger partial charge in [0.15, 0.2) is 0 Å². The van der Waals surface area contributed by atoms with Crippen molar-refractivity contribution in [2.24, 2.45) is 5.92 Å². The van der Waals surface area contributed by atoms with E-state index in [2.05, 4.69) is 24.1 Å². The molecule has 0 fully saturated rings. The molecule has 0 amide bonds. The van der Waals surface area contributed by atoms with E-state index in [1.54, 1.807) is 0 Å². The fourth-order valence-corrected chi connectivity index (χ4v) is 2.34. The molecule has 0 spiro atoms. The third-order valence-electron chi connectivity index (χ3n) is 3.05. The van der Waals surface area contributed by atoms with E-state index in [1.165, 1.54) is 0 Å². The molecule has 102 valence electrons. The number of anilines is 1. The number of hydrogen-bond acceptors (Lipinski definition) is 3. The molecule has 0 saturated carbocycles. The number of halogens is 1. The minimum absolute atomic E-state index is 0.137. The van der Waals surface area contributed by atoms with Gasteiger partial charge in [-0.3, -0.25) is 0 Å². The lowest BCUT2D eigenvalue weighted by Gasteiger charge is -2.19. The summed E-state index contributed by atoms with van der Waals surface area (Å²) >= 11 is 6.38. The Morgan fingerprint density at radius 2 is 2.00 bits per heavy atom. The summed E-state index contributed by atoms with van der Waals surface area (Å²) in [6, 6.07) is 5.72. The summed E-state index contributed by atoms with van der Waals surface area (Å²) < 4.78 is 5.36. The summed E-state index contributed by atoms with van der Waals surface area (Å²) in [6.07, 6.45) is 2.22. The molecular weight excluding hydrogens is 248 g/mol. The minimum atomic E-state index is 0.137. The maximum atomic E-state index is 6.38. The van der Waals surface area contributed by atoms with Gasteiger partial charge in [0.1, 0.15) is 5.82 Å². The van der Waals surface area contributed by atoms with Gasteiger partial charge in [-0.1, -0.05) is 32.8 Å². The summed E-state index contributed by atoms with van der Waals surface area (Å²) in [7, 11) is 0. The van der Waals surface area contributed by atoms with Crippen LogP contribution in [-0.2, 0) is 0 Å². The zero-order valence-corrected chi connectivity index (χ0v) is 12.2. The van der Waals surface area contributed by atoms with E-state index in [-0.39, 0.29) is 5.38 Å². The molecule has 1 rings (SSSR count). The predicted octanol–water partition coefficient (Wildman–Crippen LogP) is 3.94. The van der Waals surface area contributed by atoms with Crippen molar-refractivity contribution < 1.29 is 4.74 Å². The summed E-state index contributed by atoms with van der Waals surface area (Å²) in [6.45, 7) is 7.66. The van der Waals surface area contributed by atoms with Crippen LogP contribution in [0.1, 0.15) is 33.6 Å². The van der Waals surface area contributed by atoms with Crippen LogP contribution >= 0.6 is 11.6 Å². The lowest BCUT2D eigenvalue weighted by atomic mass is 9.99. The van der Waals surface area contributed by atoms with Gasteiger partial charge in [0.25, 0.3) is 0 Å². The number of aromatic nitrogens is 1. The van der Waals surface area contributed by atoms with Gasteiger partial charge in [-0.25, -0.2) is 0 Å². The van der Waals surface area contributed by atoms with Gasteiger partial charge in [-0.15, -0.1) is 11.6 Å². The molecule has 3 nitrogen and oxygen atoms in total. The summed E-state index contributed by atoms with van der Waals surface area (Å²) in [5, 5.41) is 3.41. The molecule has 0 saturated heterocycles. The standard InChI is InChI=1S/C14H23ClN2O/c1-4-11(5-2)12(15)10-16-13-8-7-9-14(17-13)18-6-3/h7-9,11-12H,4-6,10H2,1-3H3,(H,16,17). The largest absolute Gasteiger partial charge is 0.478 e. The first kappa shape index (κ1) is 15.1. The van der Waals surface area contributed by atoms with E-state index in [1.807, 2.05) is 25.1 Å². The zero-order chi connectivity index (χ0) is 13.4. The number of hydrogen-bond donors (Lipinski definition) is 1. The number of nitrogens with one attached hydrogen (secondary N) is 1. The number of ether oxygens (including phenoxy) is 1. The van der Waals surface area contributed by atoms with Crippen molar-refractivity contribution >= 4 is 17.4 Å². The molecule has 0 aromatic carbocycles. The topological polar surface area (TPSA) is 34.1 Å². The van der Waals surface area contributed by atoms with Crippen LogP contribution in [0.3, 0.4) is 0 Å². The van der Waals surface area contributed by atoms with Gasteiger partial charge in [0, 0.05) is 12.6 Å². The van der Waals surface area contributed by atoms with Gasteiger partial charge in [0.2, 0.25) is 5.88 Å². The molecule has 1 atom stereocenters. The van der Waals surface area contributed by atoms with Crippen molar-refractivity contribution in [3.8, 4) is 5.88 Å². The second kappa shape index (κ2) is 8.20. The Morgan fingerprint density at radius 1 is 1.28 bits per heavy atom. The summed E-state index contributed by atoms with van der Waals surface area (Å²) in [5.41, 5.74) is 0. The average molecular weight is 271 g/mol. The second-order valence-corrected chi connectivity index (χ2v) is 4.83. The fraction of sp³-hybridized carbons (Fsp3) is 0.643. The van der Waals surface area contributed by atoms with E-state index in [9.17, 15) is 0 Å². The predicted molar refractivity (Wildman–Crippen MR) is 77.6 cm³/mol. The Bertz CT molecular complexity index is 342. The van der Waals surface area contributed by atoms with E-state index in [4.69, 9.17) is 16.3 Å². The highest BCUT2D eigenvalue weighted by molar-refractivity contribution is 6.21. The van der Waals surface area contributed by atoms with Gasteiger partial charge in [0.05, 0.1) is 12.0 Å². The first-order valence-electron chi connectivity index (χ1n) is 6.69. The molecule has 0 aliphatic carbocycles. The first-order chi connectivity index (χ1) is 8.71. The number of pyridine rings is 1. The maximum absolute atomic E-state index is 6.38. The molecule has 4 heteroatoms. The monoisotopic (exact) mass is 270 g/mol. The molecule has 1 aromatic rings. The van der Waals surface area contributed by atoms with Gasteiger partial charge in [-0.2, -0.15) is 4.98 Å². The van der Waals surface area contributed by atoms with Crippen molar-refractivity contribution in [2.75, 3.05) is 18.5 Å². The molecule has 18 heavy (non-hydrogen) atoms. The lowest BCUT2D eigenvalue weighted by molar-refractivity contribution is 0.327.